The molecule has 0 saturated carbocycles. The second kappa shape index (κ2) is 8.67. The van der Waals surface area contributed by atoms with Gasteiger partial charge in [-0.05, 0) is 35.9 Å². The van der Waals surface area contributed by atoms with Crippen LogP contribution in [0.4, 0.5) is 10.1 Å². The van der Waals surface area contributed by atoms with E-state index in [-0.39, 0.29) is 16.5 Å². The predicted molar refractivity (Wildman–Crippen MR) is 98.9 cm³/mol. The quantitative estimate of drug-likeness (QED) is 0.723. The summed E-state index contributed by atoms with van der Waals surface area (Å²) >= 11 is 5.80. The molecule has 0 heterocycles. The van der Waals surface area contributed by atoms with Crippen LogP contribution in [-0.2, 0) is 16.1 Å². The van der Waals surface area contributed by atoms with Crippen LogP contribution in [-0.4, -0.2) is 44.5 Å². The number of ether oxygens (including phenoxy) is 1. The maximum atomic E-state index is 13.0. The van der Waals surface area contributed by atoms with E-state index in [4.69, 9.17) is 16.3 Å². The molecule has 0 spiro atoms. The Balaban J connectivity index is 1.89. The summed E-state index contributed by atoms with van der Waals surface area (Å²) in [5, 5.41) is -0.0585. The van der Waals surface area contributed by atoms with Crippen molar-refractivity contribution in [1.29, 1.82) is 0 Å². The van der Waals surface area contributed by atoms with Gasteiger partial charge < -0.3 is 14.5 Å². The van der Waals surface area contributed by atoms with Crippen molar-refractivity contribution in [1.82, 2.24) is 4.90 Å². The summed E-state index contributed by atoms with van der Waals surface area (Å²) in [4.78, 5) is 27.6. The second-order valence-corrected chi connectivity index (χ2v) is 6.42. The Morgan fingerprint density at radius 1 is 1.08 bits per heavy atom. The number of carbonyl (C=O) groups excluding carboxylic acids is 2. The first-order valence-corrected chi connectivity index (χ1v) is 8.28. The molecule has 0 fully saturated rings. The first-order valence-electron chi connectivity index (χ1n) is 7.90. The number of benzene rings is 2. The van der Waals surface area contributed by atoms with Crippen molar-refractivity contribution >= 4 is 29.2 Å². The third-order valence-corrected chi connectivity index (χ3v) is 4.09. The highest BCUT2D eigenvalue weighted by Gasteiger charge is 2.16. The Labute approximate surface area is 156 Å². The number of anilines is 1. The fraction of sp³-hybridized carbons (Fsp3) is 0.263. The number of halogens is 2. The summed E-state index contributed by atoms with van der Waals surface area (Å²) < 4.78 is 18.0. The fourth-order valence-electron chi connectivity index (χ4n) is 2.23. The van der Waals surface area contributed by atoms with Gasteiger partial charge in [-0.1, -0.05) is 23.7 Å². The van der Waals surface area contributed by atoms with Gasteiger partial charge in [0.1, 0.15) is 5.82 Å². The molecule has 0 radical (unpaired) electrons. The molecule has 0 unspecified atom stereocenters. The number of rotatable bonds is 6. The van der Waals surface area contributed by atoms with Crippen LogP contribution in [0.25, 0.3) is 0 Å². The molecule has 0 aliphatic heterocycles. The maximum Gasteiger partial charge on any atom is 0.340 e. The largest absolute Gasteiger partial charge is 0.452 e. The highest BCUT2D eigenvalue weighted by molar-refractivity contribution is 6.33. The van der Waals surface area contributed by atoms with Crippen LogP contribution >= 0.6 is 11.6 Å². The molecule has 138 valence electrons. The molecule has 0 N–H and O–H groups in total. The van der Waals surface area contributed by atoms with Gasteiger partial charge in [0.15, 0.2) is 6.61 Å². The van der Waals surface area contributed by atoms with Crippen molar-refractivity contribution in [3.8, 4) is 0 Å². The van der Waals surface area contributed by atoms with Crippen molar-refractivity contribution in [2.24, 2.45) is 0 Å². The number of esters is 1. The lowest BCUT2D eigenvalue weighted by molar-refractivity contribution is -0.133. The molecule has 0 atom stereocenters. The minimum Gasteiger partial charge on any atom is -0.452 e. The van der Waals surface area contributed by atoms with E-state index in [1.807, 2.05) is 43.3 Å². The minimum absolute atomic E-state index is 0.0165. The third kappa shape index (κ3) is 5.20. The molecule has 0 bridgehead atoms. The van der Waals surface area contributed by atoms with Crippen molar-refractivity contribution in [3.05, 3.63) is 64.4 Å². The van der Waals surface area contributed by atoms with Gasteiger partial charge in [0.25, 0.3) is 5.91 Å². The zero-order valence-electron chi connectivity index (χ0n) is 14.8. The summed E-state index contributed by atoms with van der Waals surface area (Å²) in [6, 6.07) is 11.1. The van der Waals surface area contributed by atoms with Gasteiger partial charge >= 0.3 is 5.97 Å². The van der Waals surface area contributed by atoms with Gasteiger partial charge in [0.2, 0.25) is 0 Å². The van der Waals surface area contributed by atoms with E-state index in [2.05, 4.69) is 0 Å². The summed E-state index contributed by atoms with van der Waals surface area (Å²) in [5.74, 6) is -1.68. The molecule has 0 aliphatic rings. The SMILES string of the molecule is CN(Cc1ccc(N(C)C)cc1)C(=O)COC(=O)c1ccc(F)cc1Cl. The molecule has 2 aromatic carbocycles. The van der Waals surface area contributed by atoms with Crippen LogP contribution in [0.15, 0.2) is 42.5 Å². The number of hydrogen-bond donors (Lipinski definition) is 0. The van der Waals surface area contributed by atoms with Gasteiger partial charge in [0.05, 0.1) is 10.6 Å². The average molecular weight is 379 g/mol. The normalized spacial score (nSPS) is 10.3. The van der Waals surface area contributed by atoms with Crippen LogP contribution in [0.3, 0.4) is 0 Å². The lowest BCUT2D eigenvalue weighted by Crippen LogP contribution is -2.30. The number of likely N-dealkylation sites (N-methyl/N-ethyl adjacent to an activating group) is 1. The topological polar surface area (TPSA) is 49.9 Å². The lowest BCUT2D eigenvalue weighted by Gasteiger charge is -2.18. The molecular formula is C19H20ClFN2O3. The number of hydrogen-bond acceptors (Lipinski definition) is 4. The molecule has 7 heteroatoms. The van der Waals surface area contributed by atoms with E-state index in [0.717, 1.165) is 23.4 Å². The van der Waals surface area contributed by atoms with Crippen LogP contribution in [0.5, 0.6) is 0 Å². The Bertz CT molecular complexity index is 794. The number of nitrogens with zero attached hydrogens (tertiary/aromatic N) is 2. The molecular weight excluding hydrogens is 359 g/mol. The van der Waals surface area contributed by atoms with Gasteiger partial charge in [-0.2, -0.15) is 0 Å². The first-order chi connectivity index (χ1) is 12.3. The Morgan fingerprint density at radius 3 is 2.31 bits per heavy atom. The zero-order valence-corrected chi connectivity index (χ0v) is 15.6. The Kier molecular flexibility index (Phi) is 6.58. The van der Waals surface area contributed by atoms with Gasteiger partial charge in [-0.25, -0.2) is 9.18 Å². The Morgan fingerprint density at radius 2 is 1.73 bits per heavy atom. The van der Waals surface area contributed by atoms with E-state index in [9.17, 15) is 14.0 Å². The molecule has 5 nitrogen and oxygen atoms in total. The van der Waals surface area contributed by atoms with Crippen LogP contribution in [0, 0.1) is 5.82 Å². The zero-order chi connectivity index (χ0) is 19.3. The molecule has 1 amide bonds. The van der Waals surface area contributed by atoms with E-state index < -0.39 is 18.4 Å². The molecule has 0 saturated heterocycles. The highest BCUT2D eigenvalue weighted by atomic mass is 35.5. The molecule has 0 aromatic heterocycles. The maximum absolute atomic E-state index is 13.0. The standard InChI is InChI=1S/C19H20ClFN2O3/c1-22(2)15-7-4-13(5-8-15)11-23(3)18(24)12-26-19(25)16-9-6-14(21)10-17(16)20/h4-10H,11-12H2,1-3H3. The molecule has 0 aliphatic carbocycles. The minimum atomic E-state index is -0.771. The van der Waals surface area contributed by atoms with Crippen LogP contribution < -0.4 is 4.90 Å². The summed E-state index contributed by atoms with van der Waals surface area (Å²) in [6.45, 7) is -0.0276. The molecule has 2 aromatic rings. The molecule has 2 rings (SSSR count). The van der Waals surface area contributed by atoms with Gasteiger partial charge in [-0.15, -0.1) is 0 Å². The van der Waals surface area contributed by atoms with Crippen LogP contribution in [0.2, 0.25) is 5.02 Å². The monoisotopic (exact) mass is 378 g/mol. The smallest absolute Gasteiger partial charge is 0.340 e. The predicted octanol–water partition coefficient (Wildman–Crippen LogP) is 3.36. The second-order valence-electron chi connectivity index (χ2n) is 6.01. The van der Waals surface area contributed by atoms with Gasteiger partial charge in [0, 0.05) is 33.4 Å². The van der Waals surface area contributed by atoms with Crippen molar-refractivity contribution < 1.29 is 18.7 Å². The molecule has 26 heavy (non-hydrogen) atoms. The van der Waals surface area contributed by atoms with E-state index in [0.29, 0.717) is 6.54 Å². The number of amides is 1. The summed E-state index contributed by atoms with van der Waals surface area (Å²) in [5.41, 5.74) is 2.04. The number of carbonyl (C=O) groups is 2. The highest BCUT2D eigenvalue weighted by Crippen LogP contribution is 2.18. The van der Waals surface area contributed by atoms with Crippen LogP contribution in [0.1, 0.15) is 15.9 Å². The van der Waals surface area contributed by atoms with E-state index >= 15 is 0 Å². The summed E-state index contributed by atoms with van der Waals surface area (Å²) in [7, 11) is 5.53. The van der Waals surface area contributed by atoms with E-state index in [1.165, 1.54) is 11.0 Å². The third-order valence-electron chi connectivity index (χ3n) is 3.78. The van der Waals surface area contributed by atoms with Gasteiger partial charge in [-0.3, -0.25) is 4.79 Å². The Hall–Kier alpha value is -2.60. The lowest BCUT2D eigenvalue weighted by atomic mass is 10.2. The van der Waals surface area contributed by atoms with Crippen molar-refractivity contribution in [3.63, 3.8) is 0 Å². The van der Waals surface area contributed by atoms with Crippen molar-refractivity contribution in [2.75, 3.05) is 32.6 Å². The average Bonchev–Trinajstić information content (AvgIpc) is 2.59. The van der Waals surface area contributed by atoms with E-state index in [1.54, 1.807) is 7.05 Å². The first kappa shape index (κ1) is 19.7. The van der Waals surface area contributed by atoms with Crippen molar-refractivity contribution in [2.45, 2.75) is 6.54 Å². The fourth-order valence-corrected chi connectivity index (χ4v) is 2.48. The summed E-state index contributed by atoms with van der Waals surface area (Å²) in [6.07, 6.45) is 0.